The maximum absolute atomic E-state index is 11.2. The van der Waals surface area contributed by atoms with Gasteiger partial charge in [-0.05, 0) is 23.3 Å². The summed E-state index contributed by atoms with van der Waals surface area (Å²) in [4.78, 5) is 0. The monoisotopic (exact) mass is 189 g/mol. The van der Waals surface area contributed by atoms with E-state index < -0.39 is 11.2 Å². The van der Waals surface area contributed by atoms with Gasteiger partial charge in [0, 0.05) is 17.6 Å². The summed E-state index contributed by atoms with van der Waals surface area (Å²) >= 11 is 1.52. The van der Waals surface area contributed by atoms with Crippen molar-refractivity contribution >= 4 is 22.9 Å². The summed E-state index contributed by atoms with van der Waals surface area (Å²) in [5.74, 6) is 3.76. The first-order valence-corrected chi connectivity index (χ1v) is 6.54. The van der Waals surface area contributed by atoms with Gasteiger partial charge in [-0.2, -0.15) is 11.8 Å². The van der Waals surface area contributed by atoms with Crippen LogP contribution in [0, 0.1) is 5.92 Å². The molecule has 0 aromatic carbocycles. The minimum Gasteiger partial charge on any atom is -0.616 e. The van der Waals surface area contributed by atoms with Gasteiger partial charge in [0.15, 0.2) is 0 Å². The van der Waals surface area contributed by atoms with Crippen LogP contribution in [0.4, 0.5) is 0 Å². The number of thioether (sulfide) groups is 1. The maximum atomic E-state index is 11.2. The van der Waals surface area contributed by atoms with E-state index in [-0.39, 0.29) is 0 Å². The Morgan fingerprint density at radius 3 is 2.55 bits per heavy atom. The lowest BCUT2D eigenvalue weighted by Crippen LogP contribution is -2.45. The molecular formula is C8H13OS2. The van der Waals surface area contributed by atoms with Crippen molar-refractivity contribution < 1.29 is 4.55 Å². The van der Waals surface area contributed by atoms with Crippen LogP contribution in [0.2, 0.25) is 0 Å². The van der Waals surface area contributed by atoms with Crippen LogP contribution in [0.3, 0.4) is 0 Å². The van der Waals surface area contributed by atoms with Crippen molar-refractivity contribution in [3.8, 4) is 0 Å². The molecule has 0 amide bonds. The average molecular weight is 189 g/mol. The van der Waals surface area contributed by atoms with E-state index in [0.29, 0.717) is 5.25 Å². The molecule has 0 aromatic rings. The Balaban J connectivity index is 1.83. The Morgan fingerprint density at radius 1 is 1.55 bits per heavy atom. The molecule has 1 nitrogen and oxygen atoms in total. The lowest BCUT2D eigenvalue weighted by Gasteiger charge is -2.40. The first-order valence-electron chi connectivity index (χ1n) is 4.11. The molecule has 3 unspecified atom stereocenters. The molecule has 2 saturated heterocycles. The van der Waals surface area contributed by atoms with Crippen molar-refractivity contribution in [2.75, 3.05) is 11.5 Å². The summed E-state index contributed by atoms with van der Waals surface area (Å²) in [6.07, 6.45) is 2.50. The molecule has 63 valence electrons. The molecule has 2 aliphatic heterocycles. The molecule has 11 heavy (non-hydrogen) atoms. The minimum absolute atomic E-state index is 0.466. The molecule has 0 bridgehead atoms. The van der Waals surface area contributed by atoms with Crippen molar-refractivity contribution in [2.45, 2.75) is 30.3 Å². The molecule has 0 saturated carbocycles. The van der Waals surface area contributed by atoms with E-state index >= 15 is 0 Å². The topological polar surface area (TPSA) is 23.1 Å². The summed E-state index contributed by atoms with van der Waals surface area (Å²) in [7, 11) is 0. The van der Waals surface area contributed by atoms with Gasteiger partial charge in [0.1, 0.15) is 11.0 Å². The van der Waals surface area contributed by atoms with Crippen LogP contribution in [0.15, 0.2) is 0 Å². The highest BCUT2D eigenvalue weighted by atomic mass is 32.2. The SMILES string of the molecule is C[C](C1CCS1)C1CC[S+]1[O-]. The first-order chi connectivity index (χ1) is 5.29. The van der Waals surface area contributed by atoms with E-state index in [9.17, 15) is 4.55 Å². The fourth-order valence-corrected chi connectivity index (χ4v) is 3.80. The summed E-state index contributed by atoms with van der Waals surface area (Å²) < 4.78 is 11.2. The average Bonchev–Trinajstić information content (AvgIpc) is 1.80. The Morgan fingerprint density at radius 2 is 2.27 bits per heavy atom. The van der Waals surface area contributed by atoms with Crippen LogP contribution >= 0.6 is 11.8 Å². The molecule has 2 heterocycles. The highest BCUT2D eigenvalue weighted by Crippen LogP contribution is 2.42. The zero-order valence-corrected chi connectivity index (χ0v) is 8.34. The fraction of sp³-hybridized carbons (Fsp3) is 0.875. The normalized spacial score (nSPS) is 43.4. The summed E-state index contributed by atoms with van der Waals surface area (Å²) in [6, 6.07) is 0. The molecule has 1 radical (unpaired) electrons. The van der Waals surface area contributed by atoms with E-state index in [4.69, 9.17) is 0 Å². The Labute approximate surface area is 75.5 Å². The zero-order valence-electron chi connectivity index (χ0n) is 6.71. The molecule has 2 aliphatic rings. The molecular weight excluding hydrogens is 176 g/mol. The van der Waals surface area contributed by atoms with Crippen molar-refractivity contribution in [3.63, 3.8) is 0 Å². The molecule has 0 N–H and O–H groups in total. The van der Waals surface area contributed by atoms with Crippen LogP contribution in [0.1, 0.15) is 19.8 Å². The quantitative estimate of drug-likeness (QED) is 0.616. The lowest BCUT2D eigenvalue weighted by atomic mass is 9.98. The van der Waals surface area contributed by atoms with Crippen LogP contribution in [-0.4, -0.2) is 26.6 Å². The zero-order chi connectivity index (χ0) is 7.84. The first kappa shape index (κ1) is 8.27. The van der Waals surface area contributed by atoms with Gasteiger partial charge < -0.3 is 4.55 Å². The smallest absolute Gasteiger partial charge is 0.127 e. The fourth-order valence-electron chi connectivity index (χ4n) is 1.57. The standard InChI is InChI=1S/C8H13OS2/c1-6(7-2-4-10-7)8-3-5-11(8)9/h7-8H,2-5H2,1H3. The number of hydrogen-bond acceptors (Lipinski definition) is 2. The molecule has 0 aromatic heterocycles. The van der Waals surface area contributed by atoms with E-state index in [1.54, 1.807) is 0 Å². The third kappa shape index (κ3) is 1.43. The molecule has 3 heteroatoms. The molecule has 3 atom stereocenters. The number of rotatable bonds is 2. The predicted octanol–water partition coefficient (Wildman–Crippen LogP) is 1.61. The van der Waals surface area contributed by atoms with Gasteiger partial charge in [-0.15, -0.1) is 0 Å². The lowest BCUT2D eigenvalue weighted by molar-refractivity contribution is 0.539. The van der Waals surface area contributed by atoms with E-state index in [1.165, 1.54) is 24.5 Å². The largest absolute Gasteiger partial charge is 0.616 e. The molecule has 0 spiro atoms. The van der Waals surface area contributed by atoms with Gasteiger partial charge >= 0.3 is 0 Å². The molecule has 2 fully saturated rings. The van der Waals surface area contributed by atoms with Crippen molar-refractivity contribution in [1.82, 2.24) is 0 Å². The van der Waals surface area contributed by atoms with E-state index in [2.05, 4.69) is 6.92 Å². The van der Waals surface area contributed by atoms with Crippen LogP contribution in [-0.2, 0) is 11.2 Å². The van der Waals surface area contributed by atoms with Crippen molar-refractivity contribution in [3.05, 3.63) is 5.92 Å². The van der Waals surface area contributed by atoms with Crippen LogP contribution in [0.5, 0.6) is 0 Å². The Kier molecular flexibility index (Phi) is 2.40. The maximum Gasteiger partial charge on any atom is 0.127 e. The third-order valence-corrected chi connectivity index (χ3v) is 5.97. The van der Waals surface area contributed by atoms with E-state index in [1.807, 2.05) is 11.8 Å². The van der Waals surface area contributed by atoms with Gasteiger partial charge in [-0.25, -0.2) is 0 Å². The van der Waals surface area contributed by atoms with Gasteiger partial charge in [0.2, 0.25) is 0 Å². The van der Waals surface area contributed by atoms with Gasteiger partial charge in [-0.1, -0.05) is 6.92 Å². The highest BCUT2D eigenvalue weighted by molar-refractivity contribution is 8.01. The Bertz CT molecular complexity index is 147. The summed E-state index contributed by atoms with van der Waals surface area (Å²) in [6.45, 7) is 2.19. The van der Waals surface area contributed by atoms with Gasteiger partial charge in [-0.3, -0.25) is 0 Å². The third-order valence-electron chi connectivity index (χ3n) is 2.61. The number of hydrogen-bond donors (Lipinski definition) is 0. The molecule has 2 rings (SSSR count). The minimum atomic E-state index is -0.499. The highest BCUT2D eigenvalue weighted by Gasteiger charge is 2.43. The second-order valence-electron chi connectivity index (χ2n) is 3.25. The molecule has 0 aliphatic carbocycles. The van der Waals surface area contributed by atoms with E-state index in [0.717, 1.165) is 11.0 Å². The van der Waals surface area contributed by atoms with Gasteiger partial charge in [0.25, 0.3) is 0 Å². The Hall–Kier alpha value is 0.660. The second-order valence-corrected chi connectivity index (χ2v) is 6.30. The predicted molar refractivity (Wildman–Crippen MR) is 51.2 cm³/mol. The summed E-state index contributed by atoms with van der Waals surface area (Å²) in [5, 5.41) is 1.22. The van der Waals surface area contributed by atoms with Gasteiger partial charge in [0.05, 0.1) is 0 Å². The second kappa shape index (κ2) is 3.19. The van der Waals surface area contributed by atoms with Crippen LogP contribution < -0.4 is 0 Å². The van der Waals surface area contributed by atoms with Crippen LogP contribution in [0.25, 0.3) is 0 Å². The van der Waals surface area contributed by atoms with Crippen molar-refractivity contribution in [2.24, 2.45) is 0 Å². The summed E-state index contributed by atoms with van der Waals surface area (Å²) in [5.41, 5.74) is 0. The van der Waals surface area contributed by atoms with Crippen molar-refractivity contribution in [1.29, 1.82) is 0 Å².